The number of hydrogen-bond donors (Lipinski definition) is 2. The highest BCUT2D eigenvalue weighted by Crippen LogP contribution is 2.45. The van der Waals surface area contributed by atoms with Crippen LogP contribution in [0.5, 0.6) is 5.75 Å². The maximum Gasteiger partial charge on any atom is 0.172 e. The van der Waals surface area contributed by atoms with Gasteiger partial charge in [-0.05, 0) is 25.0 Å². The second kappa shape index (κ2) is 4.72. The number of halogens is 2. The fourth-order valence-electron chi connectivity index (χ4n) is 3.21. The summed E-state index contributed by atoms with van der Waals surface area (Å²) in [5.74, 6) is -2.77. The van der Waals surface area contributed by atoms with E-state index in [-0.39, 0.29) is 21.9 Å². The van der Waals surface area contributed by atoms with Crippen LogP contribution in [0.2, 0.25) is 5.02 Å². The molecule has 1 fully saturated rings. The van der Waals surface area contributed by atoms with Gasteiger partial charge in [-0.1, -0.05) is 11.6 Å². The molecule has 0 spiro atoms. The monoisotopic (exact) mass is 314 g/mol. The first kappa shape index (κ1) is 13.9. The lowest BCUT2D eigenvalue weighted by Gasteiger charge is -2.40. The van der Waals surface area contributed by atoms with Crippen LogP contribution in [0.1, 0.15) is 33.6 Å². The Kier molecular flexibility index (Phi) is 3.27. The Labute approximate surface area is 125 Å². The molecule has 4 atom stereocenters. The first-order chi connectivity index (χ1) is 9.43. The number of ketones is 2. The fourth-order valence-corrected chi connectivity index (χ4v) is 3.86. The highest BCUT2D eigenvalue weighted by Gasteiger charge is 2.51. The Hall–Kier alpha value is -1.10. The number of rotatable bonds is 0. The van der Waals surface area contributed by atoms with Gasteiger partial charge >= 0.3 is 0 Å². The predicted octanol–water partition coefficient (Wildman–Crippen LogP) is 2.42. The van der Waals surface area contributed by atoms with Gasteiger partial charge in [0.1, 0.15) is 5.75 Å². The zero-order valence-corrected chi connectivity index (χ0v) is 11.9. The van der Waals surface area contributed by atoms with E-state index >= 15 is 0 Å². The number of phenolic OH excluding ortho intramolecular Hbond substituents is 1. The van der Waals surface area contributed by atoms with Gasteiger partial charge in [0.05, 0.1) is 34.1 Å². The molecule has 1 aromatic rings. The standard InChI is InChI=1S/C14H12Cl2O4/c15-5-1-3-7(17)11-9(5)13(19)12-8(18)4-2-6(16)10(12)14(11)20/h1,3,6,8,10,12,17-18H,2,4H2. The third kappa shape index (κ3) is 1.79. The summed E-state index contributed by atoms with van der Waals surface area (Å²) in [5.41, 5.74) is -0.0637. The number of aliphatic hydroxyl groups is 1. The molecule has 0 bridgehead atoms. The van der Waals surface area contributed by atoms with Crippen LogP contribution >= 0.6 is 23.2 Å². The number of carbonyl (C=O) groups is 2. The van der Waals surface area contributed by atoms with Crippen LogP contribution in [0.25, 0.3) is 0 Å². The van der Waals surface area contributed by atoms with Crippen molar-refractivity contribution >= 4 is 34.8 Å². The predicted molar refractivity (Wildman–Crippen MR) is 73.6 cm³/mol. The van der Waals surface area contributed by atoms with Gasteiger partial charge in [0, 0.05) is 5.38 Å². The molecule has 2 aliphatic rings. The van der Waals surface area contributed by atoms with E-state index < -0.39 is 34.9 Å². The molecule has 0 amide bonds. The van der Waals surface area contributed by atoms with Crippen LogP contribution in [-0.2, 0) is 0 Å². The van der Waals surface area contributed by atoms with Crippen molar-refractivity contribution in [3.63, 3.8) is 0 Å². The number of phenols is 1. The van der Waals surface area contributed by atoms with Crippen molar-refractivity contribution in [2.45, 2.75) is 24.3 Å². The molecule has 20 heavy (non-hydrogen) atoms. The number of benzene rings is 1. The van der Waals surface area contributed by atoms with Crippen LogP contribution in [0.3, 0.4) is 0 Å². The first-order valence-corrected chi connectivity index (χ1v) is 7.17. The van der Waals surface area contributed by atoms with Gasteiger partial charge in [0.25, 0.3) is 0 Å². The molecule has 1 saturated carbocycles. The van der Waals surface area contributed by atoms with Crippen molar-refractivity contribution in [1.82, 2.24) is 0 Å². The Morgan fingerprint density at radius 3 is 2.40 bits per heavy atom. The molecule has 0 aromatic heterocycles. The summed E-state index contributed by atoms with van der Waals surface area (Å²) in [6.07, 6.45) is -0.0716. The second-order valence-electron chi connectivity index (χ2n) is 5.26. The van der Waals surface area contributed by atoms with E-state index in [1.807, 2.05) is 0 Å². The van der Waals surface area contributed by atoms with E-state index in [0.717, 1.165) is 0 Å². The van der Waals surface area contributed by atoms with Crippen molar-refractivity contribution in [3.8, 4) is 5.75 Å². The molecule has 4 unspecified atom stereocenters. The summed E-state index contributed by atoms with van der Waals surface area (Å²) in [5, 5.41) is 19.5. The molecule has 2 aliphatic carbocycles. The highest BCUT2D eigenvalue weighted by molar-refractivity contribution is 6.36. The molecule has 2 N–H and O–H groups in total. The van der Waals surface area contributed by atoms with Gasteiger partial charge in [-0.15, -0.1) is 11.6 Å². The largest absolute Gasteiger partial charge is 0.507 e. The minimum atomic E-state index is -0.905. The lowest BCUT2D eigenvalue weighted by atomic mass is 9.65. The summed E-state index contributed by atoms with van der Waals surface area (Å²) >= 11 is 12.2. The van der Waals surface area contributed by atoms with Gasteiger partial charge in [-0.2, -0.15) is 0 Å². The topological polar surface area (TPSA) is 74.6 Å². The molecule has 3 rings (SSSR count). The molecule has 1 aromatic carbocycles. The second-order valence-corrected chi connectivity index (χ2v) is 6.23. The number of carbonyl (C=O) groups excluding carboxylic acids is 2. The quantitative estimate of drug-likeness (QED) is 0.721. The maximum absolute atomic E-state index is 12.6. The average Bonchev–Trinajstić information content (AvgIpc) is 2.41. The first-order valence-electron chi connectivity index (χ1n) is 6.35. The molecule has 0 radical (unpaired) electrons. The minimum Gasteiger partial charge on any atom is -0.507 e. The van der Waals surface area contributed by atoms with Crippen LogP contribution in [0.15, 0.2) is 12.1 Å². The van der Waals surface area contributed by atoms with Crippen molar-refractivity contribution in [2.75, 3.05) is 0 Å². The normalized spacial score (nSPS) is 32.8. The third-order valence-corrected chi connectivity index (χ3v) is 4.96. The van der Waals surface area contributed by atoms with E-state index in [2.05, 4.69) is 0 Å². The highest BCUT2D eigenvalue weighted by atomic mass is 35.5. The van der Waals surface area contributed by atoms with Crippen LogP contribution in [0.4, 0.5) is 0 Å². The lowest BCUT2D eigenvalue weighted by Crippen LogP contribution is -2.50. The molecule has 0 aliphatic heterocycles. The van der Waals surface area contributed by atoms with Crippen molar-refractivity contribution in [3.05, 3.63) is 28.3 Å². The maximum atomic E-state index is 12.6. The average molecular weight is 315 g/mol. The third-order valence-electron chi connectivity index (χ3n) is 4.16. The van der Waals surface area contributed by atoms with Gasteiger partial charge in [-0.25, -0.2) is 0 Å². The number of hydrogen-bond acceptors (Lipinski definition) is 4. The van der Waals surface area contributed by atoms with Crippen LogP contribution in [0, 0.1) is 11.8 Å². The van der Waals surface area contributed by atoms with Gasteiger partial charge in [0.15, 0.2) is 11.6 Å². The van der Waals surface area contributed by atoms with Crippen LogP contribution < -0.4 is 0 Å². The van der Waals surface area contributed by atoms with Crippen molar-refractivity contribution in [1.29, 1.82) is 0 Å². The molecular formula is C14H12Cl2O4. The molecule has 0 heterocycles. The number of aliphatic hydroxyl groups excluding tert-OH is 1. The Morgan fingerprint density at radius 2 is 1.70 bits per heavy atom. The molecule has 6 heteroatoms. The van der Waals surface area contributed by atoms with Crippen molar-refractivity contribution in [2.24, 2.45) is 11.8 Å². The summed E-state index contributed by atoms with van der Waals surface area (Å²) < 4.78 is 0. The number of aromatic hydroxyl groups is 1. The zero-order chi connectivity index (χ0) is 14.6. The lowest BCUT2D eigenvalue weighted by molar-refractivity contribution is 0.0267. The van der Waals surface area contributed by atoms with Crippen molar-refractivity contribution < 1.29 is 19.8 Å². The van der Waals surface area contributed by atoms with E-state index in [1.54, 1.807) is 0 Å². The summed E-state index contributed by atoms with van der Waals surface area (Å²) in [6.45, 7) is 0. The molecule has 106 valence electrons. The number of Topliss-reactive ketones (excluding diaryl/α,β-unsaturated/α-hetero) is 2. The smallest absolute Gasteiger partial charge is 0.172 e. The Bertz CT molecular complexity index is 560. The van der Waals surface area contributed by atoms with E-state index in [9.17, 15) is 19.8 Å². The fraction of sp³-hybridized carbons (Fsp3) is 0.429. The van der Waals surface area contributed by atoms with E-state index in [4.69, 9.17) is 23.2 Å². The van der Waals surface area contributed by atoms with E-state index in [0.29, 0.717) is 12.8 Å². The molecule has 4 nitrogen and oxygen atoms in total. The van der Waals surface area contributed by atoms with Gasteiger partial charge in [-0.3, -0.25) is 9.59 Å². The van der Waals surface area contributed by atoms with Gasteiger partial charge in [0.2, 0.25) is 0 Å². The SMILES string of the molecule is O=C1c2c(Cl)ccc(O)c2C(=O)C2C(Cl)CCC(O)C12. The van der Waals surface area contributed by atoms with E-state index in [1.165, 1.54) is 12.1 Å². The number of alkyl halides is 1. The Morgan fingerprint density at radius 1 is 1.05 bits per heavy atom. The summed E-state index contributed by atoms with van der Waals surface area (Å²) in [4.78, 5) is 25.1. The number of fused-ring (bicyclic) bond motifs is 2. The van der Waals surface area contributed by atoms with Gasteiger partial charge < -0.3 is 10.2 Å². The minimum absolute atomic E-state index is 0.00253. The summed E-state index contributed by atoms with van der Waals surface area (Å²) in [7, 11) is 0. The zero-order valence-electron chi connectivity index (χ0n) is 10.3. The molecule has 0 saturated heterocycles. The summed E-state index contributed by atoms with van der Waals surface area (Å²) in [6, 6.07) is 2.66. The Balaban J connectivity index is 2.24. The van der Waals surface area contributed by atoms with Crippen LogP contribution in [-0.4, -0.2) is 33.3 Å². The molecular weight excluding hydrogens is 303 g/mol.